The second-order valence-corrected chi connectivity index (χ2v) is 10.1. The van der Waals surface area contributed by atoms with Crippen LogP contribution < -0.4 is 36.0 Å². The molecule has 5 heterocycles. The smallest absolute Gasteiger partial charge is 0.263 e. The van der Waals surface area contributed by atoms with Gasteiger partial charge in [0, 0.05) is 67.4 Å². The molecule has 2 aliphatic heterocycles. The molecule has 0 aliphatic carbocycles. The average molecular weight is 545 g/mol. The van der Waals surface area contributed by atoms with Gasteiger partial charge in [-0.05, 0) is 37.3 Å². The average Bonchev–Trinajstić information content (AvgIpc) is 3.51. The van der Waals surface area contributed by atoms with Gasteiger partial charge in [-0.1, -0.05) is 0 Å². The molecule has 6 rings (SSSR count). The summed E-state index contributed by atoms with van der Waals surface area (Å²) in [5.41, 5.74) is 3.92. The summed E-state index contributed by atoms with van der Waals surface area (Å²) in [6.07, 6.45) is 4.98. The standard InChI is InChI=1S/C27H28N8O3S/c1-17-21(16-31-26-23(17)28-8-14-38-26)33-20-6-7-29-24(36)22(20)25(37)32-18-2-4-19(5-3-18)34-10-12-35(13-11-34)27-30-9-15-39-27/h2-7,9,15-16,28H,8,10-14H2,1H3,(H,32,37)(H2,29,33,36). The Morgan fingerprint density at radius 1 is 1.05 bits per heavy atom. The summed E-state index contributed by atoms with van der Waals surface area (Å²) in [6.45, 7) is 6.74. The van der Waals surface area contributed by atoms with Gasteiger partial charge in [0.05, 0.1) is 17.6 Å². The predicted octanol–water partition coefficient (Wildman–Crippen LogP) is 3.66. The van der Waals surface area contributed by atoms with Crippen LogP contribution in [0.1, 0.15) is 15.9 Å². The minimum absolute atomic E-state index is 0.0128. The highest BCUT2D eigenvalue weighted by Crippen LogP contribution is 2.34. The monoisotopic (exact) mass is 544 g/mol. The molecule has 0 bridgehead atoms. The molecule has 1 fully saturated rings. The van der Waals surface area contributed by atoms with E-state index in [1.807, 2.05) is 42.8 Å². The third-order valence-electron chi connectivity index (χ3n) is 6.86. The molecule has 39 heavy (non-hydrogen) atoms. The number of ether oxygens (including phenoxy) is 1. The van der Waals surface area contributed by atoms with Crippen LogP contribution in [0.2, 0.25) is 0 Å². The van der Waals surface area contributed by atoms with Crippen molar-refractivity contribution in [2.45, 2.75) is 6.92 Å². The first kappa shape index (κ1) is 24.7. The number of aromatic amines is 1. The fourth-order valence-corrected chi connectivity index (χ4v) is 5.47. The van der Waals surface area contributed by atoms with Gasteiger partial charge in [-0.3, -0.25) is 9.59 Å². The van der Waals surface area contributed by atoms with Crippen molar-refractivity contribution in [2.75, 3.05) is 65.1 Å². The van der Waals surface area contributed by atoms with Crippen molar-refractivity contribution in [3.63, 3.8) is 0 Å². The number of carbonyl (C=O) groups is 1. The van der Waals surface area contributed by atoms with Crippen molar-refractivity contribution in [1.29, 1.82) is 0 Å². The van der Waals surface area contributed by atoms with Crippen LogP contribution in [-0.4, -0.2) is 60.2 Å². The zero-order chi connectivity index (χ0) is 26.8. The van der Waals surface area contributed by atoms with E-state index < -0.39 is 11.5 Å². The number of nitrogens with one attached hydrogen (secondary N) is 4. The number of rotatable bonds is 6. The Bertz CT molecular complexity index is 1530. The van der Waals surface area contributed by atoms with Gasteiger partial charge in [-0.2, -0.15) is 0 Å². The van der Waals surface area contributed by atoms with E-state index in [4.69, 9.17) is 4.74 Å². The molecular formula is C27H28N8O3S. The first-order valence-electron chi connectivity index (χ1n) is 12.7. The van der Waals surface area contributed by atoms with Crippen molar-refractivity contribution in [3.8, 4) is 5.88 Å². The quantitative estimate of drug-likeness (QED) is 0.288. The second kappa shape index (κ2) is 10.7. The van der Waals surface area contributed by atoms with Crippen molar-refractivity contribution >= 4 is 50.8 Å². The van der Waals surface area contributed by atoms with Crippen molar-refractivity contribution in [1.82, 2.24) is 15.0 Å². The Hall–Kier alpha value is -4.58. The number of piperazine rings is 1. The Labute approximate surface area is 228 Å². The van der Waals surface area contributed by atoms with Crippen LogP contribution in [0.5, 0.6) is 5.88 Å². The number of hydrogen-bond acceptors (Lipinski definition) is 10. The van der Waals surface area contributed by atoms with Gasteiger partial charge in [0.15, 0.2) is 5.13 Å². The van der Waals surface area contributed by atoms with Gasteiger partial charge in [-0.25, -0.2) is 9.97 Å². The molecule has 1 aromatic carbocycles. The summed E-state index contributed by atoms with van der Waals surface area (Å²) in [5.74, 6) is 0.0345. The molecule has 0 unspecified atom stereocenters. The second-order valence-electron chi connectivity index (χ2n) is 9.26. The molecule has 0 saturated carbocycles. The third-order valence-corrected chi connectivity index (χ3v) is 7.70. The van der Waals surface area contributed by atoms with E-state index in [-0.39, 0.29) is 5.56 Å². The highest BCUT2D eigenvalue weighted by atomic mass is 32.1. The molecular weight excluding hydrogens is 516 g/mol. The van der Waals surface area contributed by atoms with Crippen molar-refractivity contribution in [2.24, 2.45) is 0 Å². The fraction of sp³-hybridized carbons (Fsp3) is 0.259. The molecule has 0 spiro atoms. The molecule has 0 radical (unpaired) electrons. The Kier molecular flexibility index (Phi) is 6.76. The lowest BCUT2D eigenvalue weighted by Gasteiger charge is -2.36. The van der Waals surface area contributed by atoms with Crippen LogP contribution in [0.15, 0.2) is 59.1 Å². The van der Waals surface area contributed by atoms with Crippen molar-refractivity contribution in [3.05, 3.63) is 75.8 Å². The topological polar surface area (TPSA) is 128 Å². The van der Waals surface area contributed by atoms with E-state index in [0.717, 1.165) is 48.2 Å². The number of amides is 1. The van der Waals surface area contributed by atoms with Crippen LogP contribution in [0.3, 0.4) is 0 Å². The van der Waals surface area contributed by atoms with Gasteiger partial charge < -0.3 is 35.5 Å². The van der Waals surface area contributed by atoms with E-state index in [1.165, 1.54) is 6.20 Å². The maximum Gasteiger partial charge on any atom is 0.263 e. The van der Waals surface area contributed by atoms with Crippen molar-refractivity contribution < 1.29 is 9.53 Å². The number of benzene rings is 1. The maximum absolute atomic E-state index is 13.3. The zero-order valence-electron chi connectivity index (χ0n) is 21.4. The third kappa shape index (κ3) is 5.10. The normalized spacial score (nSPS) is 14.7. The summed E-state index contributed by atoms with van der Waals surface area (Å²) >= 11 is 1.66. The summed E-state index contributed by atoms with van der Waals surface area (Å²) < 4.78 is 5.60. The maximum atomic E-state index is 13.3. The highest BCUT2D eigenvalue weighted by Gasteiger charge is 2.21. The van der Waals surface area contributed by atoms with E-state index in [0.29, 0.717) is 36.1 Å². The number of pyridine rings is 2. The number of fused-ring (bicyclic) bond motifs is 1. The van der Waals surface area contributed by atoms with Gasteiger partial charge in [-0.15, -0.1) is 11.3 Å². The Morgan fingerprint density at radius 2 is 1.85 bits per heavy atom. The highest BCUT2D eigenvalue weighted by molar-refractivity contribution is 7.13. The first-order valence-corrected chi connectivity index (χ1v) is 13.6. The van der Waals surface area contributed by atoms with E-state index in [2.05, 4.69) is 40.7 Å². The van der Waals surface area contributed by atoms with E-state index in [9.17, 15) is 9.59 Å². The number of carbonyl (C=O) groups excluding carboxylic acids is 1. The first-order chi connectivity index (χ1) is 19.1. The predicted molar refractivity (Wildman–Crippen MR) is 154 cm³/mol. The molecule has 4 aromatic rings. The lowest BCUT2D eigenvalue weighted by molar-refractivity contribution is 0.102. The number of hydrogen-bond donors (Lipinski definition) is 4. The number of H-pyrrole nitrogens is 1. The molecule has 1 saturated heterocycles. The SMILES string of the molecule is Cc1c(Nc2cc[nH]c(=O)c2C(=O)Nc2ccc(N3CCN(c4nccs4)CC3)cc2)cnc2c1NCCO2. The zero-order valence-corrected chi connectivity index (χ0v) is 22.2. The fourth-order valence-electron chi connectivity index (χ4n) is 4.78. The largest absolute Gasteiger partial charge is 0.474 e. The van der Waals surface area contributed by atoms with Crippen LogP contribution >= 0.6 is 11.3 Å². The van der Waals surface area contributed by atoms with Crippen LogP contribution in [0, 0.1) is 6.92 Å². The molecule has 1 amide bonds. The number of nitrogens with zero attached hydrogens (tertiary/aromatic N) is 4. The lowest BCUT2D eigenvalue weighted by atomic mass is 10.1. The molecule has 12 heteroatoms. The molecule has 4 N–H and O–H groups in total. The van der Waals surface area contributed by atoms with Crippen LogP contribution in [-0.2, 0) is 0 Å². The Morgan fingerprint density at radius 3 is 2.62 bits per heavy atom. The van der Waals surface area contributed by atoms with Gasteiger partial charge >= 0.3 is 0 Å². The molecule has 3 aromatic heterocycles. The number of thiazole rings is 1. The Balaban J connectivity index is 1.15. The lowest BCUT2D eigenvalue weighted by Crippen LogP contribution is -2.46. The van der Waals surface area contributed by atoms with Gasteiger partial charge in [0.25, 0.3) is 11.5 Å². The van der Waals surface area contributed by atoms with Gasteiger partial charge in [0.2, 0.25) is 5.88 Å². The molecule has 0 atom stereocenters. The minimum atomic E-state index is -0.505. The molecule has 2 aliphatic rings. The van der Waals surface area contributed by atoms with E-state index >= 15 is 0 Å². The van der Waals surface area contributed by atoms with Crippen LogP contribution in [0.25, 0.3) is 0 Å². The summed E-state index contributed by atoms with van der Waals surface area (Å²) in [6, 6.07) is 9.34. The molecule has 11 nitrogen and oxygen atoms in total. The van der Waals surface area contributed by atoms with Crippen LogP contribution in [0.4, 0.5) is 33.6 Å². The summed E-state index contributed by atoms with van der Waals surface area (Å²) in [4.78, 5) is 42.0. The van der Waals surface area contributed by atoms with E-state index in [1.54, 1.807) is 23.6 Å². The number of anilines is 6. The minimum Gasteiger partial charge on any atom is -0.474 e. The van der Waals surface area contributed by atoms with Gasteiger partial charge in [0.1, 0.15) is 17.9 Å². The summed E-state index contributed by atoms with van der Waals surface area (Å²) in [5, 5.41) is 12.4. The molecule has 200 valence electrons. The number of aromatic nitrogens is 3. The summed E-state index contributed by atoms with van der Waals surface area (Å²) in [7, 11) is 0.